The highest BCUT2D eigenvalue weighted by Crippen LogP contribution is 2.29. The SMILES string of the molecule is Cc1cc(C(F)(F)F)ncc1NC(=O)NC(C)c1ncnn1-c1ncccn1. The van der Waals surface area contributed by atoms with Crippen molar-refractivity contribution in [2.75, 3.05) is 5.32 Å². The lowest BCUT2D eigenvalue weighted by Gasteiger charge is -2.16. The standard InChI is InChI=1S/C16H15F3N8O/c1-9-6-12(16(17,18)19)22-7-11(9)26-15(28)25-10(2)13-23-8-24-27(13)14-20-4-3-5-21-14/h3-8,10H,1-2H3,(H2,25,26,28). The van der Waals surface area contributed by atoms with E-state index in [4.69, 9.17) is 0 Å². The van der Waals surface area contributed by atoms with Gasteiger partial charge in [-0.15, -0.1) is 0 Å². The van der Waals surface area contributed by atoms with Crippen molar-refractivity contribution in [1.82, 2.24) is 35.0 Å². The summed E-state index contributed by atoms with van der Waals surface area (Å²) in [5.41, 5.74) is -0.642. The Morgan fingerprint density at radius 1 is 1.18 bits per heavy atom. The number of halogens is 3. The van der Waals surface area contributed by atoms with Crippen molar-refractivity contribution in [3.8, 4) is 5.95 Å². The van der Waals surface area contributed by atoms with E-state index in [0.717, 1.165) is 12.3 Å². The monoisotopic (exact) mass is 392 g/mol. The second kappa shape index (κ2) is 7.58. The molecule has 0 saturated heterocycles. The minimum absolute atomic E-state index is 0.158. The highest BCUT2D eigenvalue weighted by molar-refractivity contribution is 5.90. The van der Waals surface area contributed by atoms with Crippen LogP contribution in [0, 0.1) is 6.92 Å². The Bertz CT molecular complexity index is 974. The van der Waals surface area contributed by atoms with Crippen LogP contribution >= 0.6 is 0 Å². The Labute approximate surface area is 157 Å². The summed E-state index contributed by atoms with van der Waals surface area (Å²) in [7, 11) is 0. The maximum absolute atomic E-state index is 12.7. The van der Waals surface area contributed by atoms with E-state index in [1.807, 2.05) is 0 Å². The van der Waals surface area contributed by atoms with Crippen LogP contribution in [0.2, 0.25) is 0 Å². The summed E-state index contributed by atoms with van der Waals surface area (Å²) in [5, 5.41) is 9.14. The van der Waals surface area contributed by atoms with Crippen LogP contribution in [-0.4, -0.2) is 35.7 Å². The lowest BCUT2D eigenvalue weighted by molar-refractivity contribution is -0.141. The first kappa shape index (κ1) is 19.2. The second-order valence-corrected chi connectivity index (χ2v) is 5.78. The van der Waals surface area contributed by atoms with Crippen molar-refractivity contribution in [3.63, 3.8) is 0 Å². The number of hydrogen-bond donors (Lipinski definition) is 2. The summed E-state index contributed by atoms with van der Waals surface area (Å²) < 4.78 is 39.4. The van der Waals surface area contributed by atoms with E-state index in [1.54, 1.807) is 25.4 Å². The van der Waals surface area contributed by atoms with E-state index < -0.39 is 23.9 Å². The Morgan fingerprint density at radius 3 is 2.54 bits per heavy atom. The molecule has 146 valence electrons. The minimum Gasteiger partial charge on any atom is -0.328 e. The molecule has 12 heteroatoms. The number of aromatic nitrogens is 6. The van der Waals surface area contributed by atoms with Gasteiger partial charge in [-0.1, -0.05) is 0 Å². The first-order valence-corrected chi connectivity index (χ1v) is 8.04. The number of pyridine rings is 1. The lowest BCUT2D eigenvalue weighted by atomic mass is 10.2. The molecule has 0 spiro atoms. The fourth-order valence-electron chi connectivity index (χ4n) is 2.36. The van der Waals surface area contributed by atoms with Crippen LogP contribution in [-0.2, 0) is 6.18 Å². The Kier molecular flexibility index (Phi) is 5.20. The van der Waals surface area contributed by atoms with Crippen LogP contribution in [0.15, 0.2) is 37.1 Å². The van der Waals surface area contributed by atoms with E-state index >= 15 is 0 Å². The third kappa shape index (κ3) is 4.22. The summed E-state index contributed by atoms with van der Waals surface area (Å²) in [6.07, 6.45) is 0.788. The van der Waals surface area contributed by atoms with Gasteiger partial charge >= 0.3 is 12.2 Å². The molecule has 2 amide bonds. The smallest absolute Gasteiger partial charge is 0.328 e. The summed E-state index contributed by atoms with van der Waals surface area (Å²) in [6, 6.07) is 1.28. The minimum atomic E-state index is -4.55. The van der Waals surface area contributed by atoms with Gasteiger partial charge in [0.05, 0.1) is 17.9 Å². The quantitative estimate of drug-likeness (QED) is 0.706. The van der Waals surface area contributed by atoms with Gasteiger partial charge in [0.1, 0.15) is 12.0 Å². The van der Waals surface area contributed by atoms with Crippen LogP contribution in [0.5, 0.6) is 0 Å². The molecule has 0 fully saturated rings. The fourth-order valence-corrected chi connectivity index (χ4v) is 2.36. The van der Waals surface area contributed by atoms with Gasteiger partial charge in [-0.25, -0.2) is 24.7 Å². The van der Waals surface area contributed by atoms with E-state index in [0.29, 0.717) is 5.82 Å². The van der Waals surface area contributed by atoms with Gasteiger partial charge in [-0.05, 0) is 31.5 Å². The number of amides is 2. The van der Waals surface area contributed by atoms with Crippen LogP contribution < -0.4 is 10.6 Å². The van der Waals surface area contributed by atoms with Gasteiger partial charge in [0.2, 0.25) is 0 Å². The first-order chi connectivity index (χ1) is 13.3. The number of alkyl halides is 3. The highest BCUT2D eigenvalue weighted by Gasteiger charge is 2.32. The third-order valence-corrected chi connectivity index (χ3v) is 3.70. The van der Waals surface area contributed by atoms with Crippen LogP contribution in [0.25, 0.3) is 5.95 Å². The van der Waals surface area contributed by atoms with E-state index in [2.05, 4.69) is 35.7 Å². The molecular weight excluding hydrogens is 377 g/mol. The summed E-state index contributed by atoms with van der Waals surface area (Å²) in [6.45, 7) is 3.11. The van der Waals surface area contributed by atoms with E-state index in [-0.39, 0.29) is 17.2 Å². The number of nitrogens with zero attached hydrogens (tertiary/aromatic N) is 6. The molecule has 28 heavy (non-hydrogen) atoms. The summed E-state index contributed by atoms with van der Waals surface area (Å²) >= 11 is 0. The normalized spacial score (nSPS) is 12.5. The Balaban J connectivity index is 1.70. The zero-order valence-electron chi connectivity index (χ0n) is 14.8. The van der Waals surface area contributed by atoms with Crippen LogP contribution in [0.3, 0.4) is 0 Å². The molecular formula is C16H15F3N8O. The van der Waals surface area contributed by atoms with Crippen molar-refractivity contribution in [3.05, 3.63) is 54.1 Å². The molecule has 9 nitrogen and oxygen atoms in total. The first-order valence-electron chi connectivity index (χ1n) is 8.04. The van der Waals surface area contributed by atoms with Crippen molar-refractivity contribution >= 4 is 11.7 Å². The molecule has 0 aliphatic heterocycles. The molecule has 0 aromatic carbocycles. The maximum Gasteiger partial charge on any atom is 0.433 e. The van der Waals surface area contributed by atoms with Gasteiger partial charge in [-0.2, -0.15) is 23.0 Å². The number of anilines is 1. The predicted octanol–water partition coefficient (Wildman–Crippen LogP) is 2.66. The average Bonchev–Trinajstić information content (AvgIpc) is 3.13. The number of aryl methyl sites for hydroxylation is 1. The third-order valence-electron chi connectivity index (χ3n) is 3.70. The molecule has 0 saturated carbocycles. The number of nitrogens with one attached hydrogen (secondary N) is 2. The van der Waals surface area contributed by atoms with Gasteiger partial charge in [0, 0.05) is 12.4 Å². The zero-order chi connectivity index (χ0) is 20.3. The lowest BCUT2D eigenvalue weighted by Crippen LogP contribution is -2.33. The average molecular weight is 392 g/mol. The molecule has 0 radical (unpaired) electrons. The van der Waals surface area contributed by atoms with Crippen molar-refractivity contribution < 1.29 is 18.0 Å². The zero-order valence-corrected chi connectivity index (χ0v) is 14.8. The molecule has 1 unspecified atom stereocenters. The maximum atomic E-state index is 12.7. The Hall–Kier alpha value is -3.57. The molecule has 0 bridgehead atoms. The summed E-state index contributed by atoms with van der Waals surface area (Å²) in [4.78, 5) is 27.8. The number of carbonyl (C=O) groups is 1. The number of rotatable bonds is 4. The van der Waals surface area contributed by atoms with Gasteiger partial charge in [-0.3, -0.25) is 0 Å². The molecule has 3 aromatic heterocycles. The van der Waals surface area contributed by atoms with Gasteiger partial charge < -0.3 is 10.6 Å². The van der Waals surface area contributed by atoms with Crippen molar-refractivity contribution in [2.24, 2.45) is 0 Å². The molecule has 3 aromatic rings. The van der Waals surface area contributed by atoms with Crippen LogP contribution in [0.4, 0.5) is 23.7 Å². The number of hydrogen-bond acceptors (Lipinski definition) is 6. The topological polar surface area (TPSA) is 111 Å². The van der Waals surface area contributed by atoms with Crippen molar-refractivity contribution in [2.45, 2.75) is 26.1 Å². The van der Waals surface area contributed by atoms with E-state index in [1.165, 1.54) is 17.9 Å². The van der Waals surface area contributed by atoms with Gasteiger partial charge in [0.25, 0.3) is 5.95 Å². The number of urea groups is 1. The molecule has 0 aliphatic carbocycles. The van der Waals surface area contributed by atoms with Crippen molar-refractivity contribution in [1.29, 1.82) is 0 Å². The molecule has 1 atom stereocenters. The Morgan fingerprint density at radius 2 is 1.89 bits per heavy atom. The molecule has 3 rings (SSSR count). The van der Waals surface area contributed by atoms with Crippen LogP contribution in [0.1, 0.15) is 30.0 Å². The predicted molar refractivity (Wildman–Crippen MR) is 91.5 cm³/mol. The number of carbonyl (C=O) groups excluding carboxylic acids is 1. The van der Waals surface area contributed by atoms with E-state index in [9.17, 15) is 18.0 Å². The largest absolute Gasteiger partial charge is 0.433 e. The highest BCUT2D eigenvalue weighted by atomic mass is 19.4. The fraction of sp³-hybridized carbons (Fsp3) is 0.250. The molecule has 3 heterocycles. The molecule has 2 N–H and O–H groups in total. The van der Waals surface area contributed by atoms with Gasteiger partial charge in [0.15, 0.2) is 5.82 Å². The molecule has 0 aliphatic rings. The summed E-state index contributed by atoms with van der Waals surface area (Å²) in [5.74, 6) is 0.662. The second-order valence-electron chi connectivity index (χ2n) is 5.78.